The molecule has 1 saturated carbocycles. The van der Waals surface area contributed by atoms with E-state index in [1.54, 1.807) is 0 Å². The van der Waals surface area contributed by atoms with E-state index in [0.717, 1.165) is 64.2 Å². The number of aliphatic imine (C=N–C) groups is 1. The summed E-state index contributed by atoms with van der Waals surface area (Å²) >= 11 is 0. The highest BCUT2D eigenvalue weighted by atomic mass is 127. The number of hydrogen-bond acceptors (Lipinski definition) is 3. The van der Waals surface area contributed by atoms with Gasteiger partial charge >= 0.3 is 0 Å². The first kappa shape index (κ1) is 20.0. The number of nitrogens with zero attached hydrogens (tertiary/aromatic N) is 1. The van der Waals surface area contributed by atoms with Crippen molar-refractivity contribution in [3.8, 4) is 0 Å². The van der Waals surface area contributed by atoms with E-state index in [1.807, 2.05) is 0 Å². The van der Waals surface area contributed by atoms with Gasteiger partial charge in [-0.25, -0.2) is 0 Å². The molecule has 0 aromatic heterocycles. The Hall–Kier alpha value is -0.0800. The van der Waals surface area contributed by atoms with Crippen molar-refractivity contribution in [2.45, 2.75) is 51.6 Å². The molecule has 1 aliphatic carbocycles. The van der Waals surface area contributed by atoms with Crippen LogP contribution in [0.3, 0.4) is 0 Å². The lowest BCUT2D eigenvalue weighted by Crippen LogP contribution is -2.38. The molecule has 2 rings (SSSR count). The molecule has 0 aromatic carbocycles. The Labute approximate surface area is 152 Å². The highest BCUT2D eigenvalue weighted by molar-refractivity contribution is 14.0. The Bertz CT molecular complexity index is 306. The Kier molecular flexibility index (Phi) is 11.2. The van der Waals surface area contributed by atoms with E-state index in [2.05, 4.69) is 22.5 Å². The molecule has 2 fully saturated rings. The topological polar surface area (TPSA) is 54.9 Å². The van der Waals surface area contributed by atoms with E-state index in [9.17, 15) is 0 Å². The zero-order chi connectivity index (χ0) is 14.8. The zero-order valence-electron chi connectivity index (χ0n) is 13.8. The molecule has 1 saturated heterocycles. The van der Waals surface area contributed by atoms with Crippen molar-refractivity contribution in [3.63, 3.8) is 0 Å². The lowest BCUT2D eigenvalue weighted by Gasteiger charge is -2.23. The molecule has 0 aromatic rings. The summed E-state index contributed by atoms with van der Waals surface area (Å²) in [4.78, 5) is 4.65. The molecule has 1 heterocycles. The van der Waals surface area contributed by atoms with Crippen molar-refractivity contribution in [2.24, 2.45) is 10.9 Å². The van der Waals surface area contributed by atoms with Crippen molar-refractivity contribution >= 4 is 29.9 Å². The fourth-order valence-electron chi connectivity index (χ4n) is 2.61. The van der Waals surface area contributed by atoms with Gasteiger partial charge in [0.25, 0.3) is 0 Å². The molecule has 1 unspecified atom stereocenters. The van der Waals surface area contributed by atoms with Crippen LogP contribution in [0.5, 0.6) is 0 Å². The van der Waals surface area contributed by atoms with Crippen LogP contribution >= 0.6 is 24.0 Å². The first-order valence-electron chi connectivity index (χ1n) is 8.60. The third-order valence-corrected chi connectivity index (χ3v) is 4.16. The van der Waals surface area contributed by atoms with Gasteiger partial charge in [-0.2, -0.15) is 0 Å². The second-order valence-corrected chi connectivity index (χ2v) is 6.01. The fourth-order valence-corrected chi connectivity index (χ4v) is 2.61. The summed E-state index contributed by atoms with van der Waals surface area (Å²) in [6.07, 6.45) is 7.74. The van der Waals surface area contributed by atoms with Crippen LogP contribution in [0.25, 0.3) is 0 Å². The predicted molar refractivity (Wildman–Crippen MR) is 101 cm³/mol. The van der Waals surface area contributed by atoms with Crippen molar-refractivity contribution in [1.82, 2.24) is 10.6 Å². The third-order valence-electron chi connectivity index (χ3n) is 4.16. The van der Waals surface area contributed by atoms with Crippen LogP contribution in [-0.2, 0) is 9.47 Å². The van der Waals surface area contributed by atoms with E-state index >= 15 is 0 Å². The number of rotatable bonds is 9. The van der Waals surface area contributed by atoms with Crippen LogP contribution in [0.4, 0.5) is 0 Å². The highest BCUT2D eigenvalue weighted by Gasteiger charge is 2.17. The quantitative estimate of drug-likeness (QED) is 0.258. The maximum Gasteiger partial charge on any atom is 0.191 e. The van der Waals surface area contributed by atoms with Gasteiger partial charge in [-0.15, -0.1) is 24.0 Å². The van der Waals surface area contributed by atoms with E-state index < -0.39 is 0 Å². The number of hydrogen-bond donors (Lipinski definition) is 2. The molecule has 6 heteroatoms. The standard InChI is InChI=1S/C16H31N3O2.HI/c1-2-17-16(19-12-14-6-3-7-14)18-9-5-10-20-13-15-8-4-11-21-15;/h14-15H,2-13H2,1H3,(H2,17,18,19);1H. The maximum absolute atomic E-state index is 5.66. The van der Waals surface area contributed by atoms with Gasteiger partial charge in [0.15, 0.2) is 5.96 Å². The van der Waals surface area contributed by atoms with E-state index in [4.69, 9.17) is 9.47 Å². The van der Waals surface area contributed by atoms with E-state index in [-0.39, 0.29) is 24.0 Å². The Morgan fingerprint density at radius 3 is 2.73 bits per heavy atom. The Morgan fingerprint density at radius 1 is 1.23 bits per heavy atom. The molecule has 0 amide bonds. The van der Waals surface area contributed by atoms with Crippen molar-refractivity contribution in [1.29, 1.82) is 0 Å². The molecule has 22 heavy (non-hydrogen) atoms. The number of guanidine groups is 1. The molecule has 1 atom stereocenters. The minimum absolute atomic E-state index is 0. The smallest absolute Gasteiger partial charge is 0.191 e. The molecule has 1 aliphatic heterocycles. The molecular formula is C16H32IN3O2. The summed E-state index contributed by atoms with van der Waals surface area (Å²) in [5.41, 5.74) is 0. The molecule has 2 N–H and O–H groups in total. The molecule has 2 aliphatic rings. The molecule has 0 spiro atoms. The van der Waals surface area contributed by atoms with Crippen LogP contribution in [0.1, 0.15) is 45.4 Å². The van der Waals surface area contributed by atoms with Gasteiger partial charge in [-0.3, -0.25) is 4.99 Å². The number of halogens is 1. The molecule has 5 nitrogen and oxygen atoms in total. The van der Waals surface area contributed by atoms with Gasteiger partial charge in [-0.05, 0) is 44.9 Å². The van der Waals surface area contributed by atoms with Crippen LogP contribution in [0.2, 0.25) is 0 Å². The van der Waals surface area contributed by atoms with Crippen molar-refractivity contribution in [2.75, 3.05) is 39.5 Å². The lowest BCUT2D eigenvalue weighted by atomic mass is 9.86. The predicted octanol–water partition coefficient (Wildman–Crippen LogP) is 2.55. The highest BCUT2D eigenvalue weighted by Crippen LogP contribution is 2.26. The fraction of sp³-hybridized carbons (Fsp3) is 0.938. The van der Waals surface area contributed by atoms with Crippen LogP contribution in [0.15, 0.2) is 4.99 Å². The van der Waals surface area contributed by atoms with Crippen LogP contribution < -0.4 is 10.6 Å². The maximum atomic E-state index is 5.66. The average Bonchev–Trinajstić information content (AvgIpc) is 2.94. The van der Waals surface area contributed by atoms with E-state index in [1.165, 1.54) is 25.7 Å². The Balaban J connectivity index is 0.00000242. The van der Waals surface area contributed by atoms with Crippen molar-refractivity contribution < 1.29 is 9.47 Å². The van der Waals surface area contributed by atoms with Gasteiger partial charge in [0.05, 0.1) is 12.7 Å². The summed E-state index contributed by atoms with van der Waals surface area (Å²) in [6, 6.07) is 0. The summed E-state index contributed by atoms with van der Waals surface area (Å²) in [5, 5.41) is 6.68. The summed E-state index contributed by atoms with van der Waals surface area (Å²) < 4.78 is 11.2. The lowest BCUT2D eigenvalue weighted by molar-refractivity contribution is 0.0168. The average molecular weight is 425 g/mol. The van der Waals surface area contributed by atoms with Crippen LogP contribution in [0, 0.1) is 5.92 Å². The van der Waals surface area contributed by atoms with E-state index in [0.29, 0.717) is 6.10 Å². The monoisotopic (exact) mass is 425 g/mol. The largest absolute Gasteiger partial charge is 0.379 e. The van der Waals surface area contributed by atoms with Gasteiger partial charge in [0, 0.05) is 32.8 Å². The zero-order valence-corrected chi connectivity index (χ0v) is 16.1. The molecular weight excluding hydrogens is 393 g/mol. The molecule has 130 valence electrons. The summed E-state index contributed by atoms with van der Waals surface area (Å²) in [5.74, 6) is 1.76. The minimum Gasteiger partial charge on any atom is -0.379 e. The number of ether oxygens (including phenoxy) is 2. The summed E-state index contributed by atoms with van der Waals surface area (Å²) in [6.45, 7) is 7.31. The Morgan fingerprint density at radius 2 is 2.09 bits per heavy atom. The number of nitrogens with one attached hydrogen (secondary N) is 2. The van der Waals surface area contributed by atoms with Gasteiger partial charge < -0.3 is 20.1 Å². The summed E-state index contributed by atoms with van der Waals surface area (Å²) in [7, 11) is 0. The minimum atomic E-state index is 0. The molecule has 0 bridgehead atoms. The second-order valence-electron chi connectivity index (χ2n) is 6.01. The van der Waals surface area contributed by atoms with Crippen LogP contribution in [-0.4, -0.2) is 51.5 Å². The molecule has 0 radical (unpaired) electrons. The second kappa shape index (κ2) is 12.4. The van der Waals surface area contributed by atoms with Gasteiger partial charge in [-0.1, -0.05) is 6.42 Å². The normalized spacial score (nSPS) is 22.0. The van der Waals surface area contributed by atoms with Crippen molar-refractivity contribution in [3.05, 3.63) is 0 Å². The van der Waals surface area contributed by atoms with Gasteiger partial charge in [0.1, 0.15) is 0 Å². The first-order chi connectivity index (χ1) is 10.4. The SMILES string of the molecule is CCNC(=NCC1CCC1)NCCCOCC1CCCO1.I. The van der Waals surface area contributed by atoms with Gasteiger partial charge in [0.2, 0.25) is 0 Å². The first-order valence-corrected chi connectivity index (χ1v) is 8.60. The third kappa shape index (κ3) is 7.97.